The first-order chi connectivity index (χ1) is 11.3. The third-order valence-corrected chi connectivity index (χ3v) is 5.07. The van der Waals surface area contributed by atoms with Crippen LogP contribution in [0.3, 0.4) is 0 Å². The number of amides is 1. The van der Waals surface area contributed by atoms with E-state index in [0.29, 0.717) is 0 Å². The van der Waals surface area contributed by atoms with Gasteiger partial charge in [-0.2, -0.15) is 0 Å². The molecule has 0 unspecified atom stereocenters. The van der Waals surface area contributed by atoms with E-state index >= 15 is 0 Å². The maximum Gasteiger partial charge on any atom is 0.234 e. The van der Waals surface area contributed by atoms with Crippen LogP contribution in [0, 0.1) is 0 Å². The molecule has 0 bridgehead atoms. The number of carbonyl (C=O) groups is 1. The second-order valence-corrected chi connectivity index (χ2v) is 6.30. The lowest BCUT2D eigenvalue weighted by Gasteiger charge is -2.28. The molecule has 4 heteroatoms. The van der Waals surface area contributed by atoms with Crippen molar-refractivity contribution < 1.29 is 4.79 Å². The summed E-state index contributed by atoms with van der Waals surface area (Å²) in [5, 5.41) is 7.85. The van der Waals surface area contributed by atoms with Crippen LogP contribution in [-0.4, -0.2) is 17.4 Å². The Labute approximate surface area is 133 Å². The number of H-pyrrole nitrogens is 1. The molecule has 0 spiro atoms. The van der Waals surface area contributed by atoms with Crippen LogP contribution in [0.2, 0.25) is 0 Å². The van der Waals surface area contributed by atoms with Gasteiger partial charge in [-0.15, -0.1) is 0 Å². The standard InChI is InChI=1S/C19H17N3O/c23-19-16(13-6-2-4-8-15(13)22-19)18-17-12(9-10-20-18)11-5-1-3-7-14(11)21-17/h1-8,16,18,20-21H,9-10H2,(H,22,23)/t16-,18-/m1/s1. The number of hydrogen-bond donors (Lipinski definition) is 3. The molecule has 3 heterocycles. The zero-order valence-corrected chi connectivity index (χ0v) is 12.6. The van der Waals surface area contributed by atoms with Gasteiger partial charge in [0.2, 0.25) is 5.91 Å². The number of benzene rings is 2. The number of aromatic nitrogens is 1. The fourth-order valence-corrected chi connectivity index (χ4v) is 4.06. The van der Waals surface area contributed by atoms with Gasteiger partial charge in [-0.1, -0.05) is 36.4 Å². The Hall–Kier alpha value is -2.59. The molecule has 0 saturated carbocycles. The van der Waals surface area contributed by atoms with E-state index in [0.717, 1.165) is 35.4 Å². The minimum absolute atomic E-state index is 0.00481. The second kappa shape index (κ2) is 4.70. The Morgan fingerprint density at radius 3 is 2.78 bits per heavy atom. The number of hydrogen-bond acceptors (Lipinski definition) is 2. The molecule has 1 amide bonds. The van der Waals surface area contributed by atoms with Crippen LogP contribution in [0.15, 0.2) is 48.5 Å². The van der Waals surface area contributed by atoms with Crippen LogP contribution in [-0.2, 0) is 11.2 Å². The molecule has 2 aliphatic heterocycles. The second-order valence-electron chi connectivity index (χ2n) is 6.30. The van der Waals surface area contributed by atoms with Gasteiger partial charge in [0.25, 0.3) is 0 Å². The van der Waals surface area contributed by atoms with Crippen LogP contribution >= 0.6 is 0 Å². The predicted octanol–water partition coefficient (Wildman–Crippen LogP) is 3.09. The molecule has 114 valence electrons. The molecule has 2 aliphatic rings. The molecule has 23 heavy (non-hydrogen) atoms. The third kappa shape index (κ3) is 1.79. The largest absolute Gasteiger partial charge is 0.357 e. The van der Waals surface area contributed by atoms with Crippen molar-refractivity contribution in [3.8, 4) is 0 Å². The van der Waals surface area contributed by atoms with Crippen molar-refractivity contribution >= 4 is 22.5 Å². The number of anilines is 1. The van der Waals surface area contributed by atoms with Crippen molar-refractivity contribution in [3.05, 3.63) is 65.4 Å². The molecular formula is C19H17N3O. The molecule has 2 aromatic carbocycles. The number of fused-ring (bicyclic) bond motifs is 4. The summed E-state index contributed by atoms with van der Waals surface area (Å²) in [4.78, 5) is 16.1. The first-order valence-corrected chi connectivity index (χ1v) is 8.05. The van der Waals surface area contributed by atoms with Crippen molar-refractivity contribution in [3.63, 3.8) is 0 Å². The molecule has 5 rings (SSSR count). The Morgan fingerprint density at radius 2 is 1.83 bits per heavy atom. The van der Waals surface area contributed by atoms with Gasteiger partial charge in [0.15, 0.2) is 0 Å². The summed E-state index contributed by atoms with van der Waals surface area (Å²) >= 11 is 0. The molecule has 2 atom stereocenters. The van der Waals surface area contributed by atoms with Gasteiger partial charge in [-0.3, -0.25) is 4.79 Å². The topological polar surface area (TPSA) is 56.9 Å². The van der Waals surface area contributed by atoms with E-state index < -0.39 is 0 Å². The van der Waals surface area contributed by atoms with Gasteiger partial charge in [-0.05, 0) is 36.2 Å². The van der Waals surface area contributed by atoms with E-state index in [4.69, 9.17) is 0 Å². The Balaban J connectivity index is 1.68. The summed E-state index contributed by atoms with van der Waals surface area (Å²) in [5.74, 6) is -0.103. The van der Waals surface area contributed by atoms with Crippen molar-refractivity contribution in [2.45, 2.75) is 18.4 Å². The van der Waals surface area contributed by atoms with Gasteiger partial charge >= 0.3 is 0 Å². The van der Waals surface area contributed by atoms with Gasteiger partial charge in [-0.25, -0.2) is 0 Å². The lowest BCUT2D eigenvalue weighted by atomic mass is 9.86. The van der Waals surface area contributed by atoms with Gasteiger partial charge in [0, 0.05) is 22.3 Å². The van der Waals surface area contributed by atoms with E-state index in [1.165, 1.54) is 10.9 Å². The Kier molecular flexibility index (Phi) is 2.64. The number of rotatable bonds is 1. The highest BCUT2D eigenvalue weighted by Gasteiger charge is 2.40. The molecule has 0 fully saturated rings. The monoisotopic (exact) mass is 303 g/mol. The Bertz CT molecular complexity index is 927. The molecule has 3 N–H and O–H groups in total. The molecule has 0 radical (unpaired) electrons. The highest BCUT2D eigenvalue weighted by molar-refractivity contribution is 6.03. The maximum atomic E-state index is 12.6. The van der Waals surface area contributed by atoms with E-state index in [1.807, 2.05) is 24.3 Å². The number of nitrogens with one attached hydrogen (secondary N) is 3. The Morgan fingerprint density at radius 1 is 1.00 bits per heavy atom. The van der Waals surface area contributed by atoms with E-state index in [1.54, 1.807) is 0 Å². The summed E-state index contributed by atoms with van der Waals surface area (Å²) < 4.78 is 0. The van der Waals surface area contributed by atoms with Crippen LogP contribution in [0.25, 0.3) is 10.9 Å². The minimum atomic E-state index is -0.182. The SMILES string of the molecule is O=C1Nc2ccccc2[C@@H]1[C@H]1NCCc2c1[nH]c1ccccc21. The average Bonchev–Trinajstić information content (AvgIpc) is 3.11. The molecule has 0 aliphatic carbocycles. The highest BCUT2D eigenvalue weighted by Crippen LogP contribution is 2.43. The van der Waals surface area contributed by atoms with E-state index in [-0.39, 0.29) is 17.9 Å². The first-order valence-electron chi connectivity index (χ1n) is 8.05. The average molecular weight is 303 g/mol. The van der Waals surface area contributed by atoms with Gasteiger partial charge in [0.1, 0.15) is 0 Å². The summed E-state index contributed by atoms with van der Waals surface area (Å²) in [6.07, 6.45) is 0.992. The van der Waals surface area contributed by atoms with Crippen molar-refractivity contribution in [1.82, 2.24) is 10.3 Å². The van der Waals surface area contributed by atoms with E-state index in [9.17, 15) is 4.79 Å². The highest BCUT2D eigenvalue weighted by atomic mass is 16.2. The summed E-state index contributed by atoms with van der Waals surface area (Å²) in [6.45, 7) is 0.894. The van der Waals surface area contributed by atoms with Crippen LogP contribution < -0.4 is 10.6 Å². The van der Waals surface area contributed by atoms with Crippen LogP contribution in [0.1, 0.15) is 28.8 Å². The molecule has 4 nitrogen and oxygen atoms in total. The van der Waals surface area contributed by atoms with Crippen molar-refractivity contribution in [1.29, 1.82) is 0 Å². The molecule has 1 aromatic heterocycles. The smallest absolute Gasteiger partial charge is 0.234 e. The summed E-state index contributed by atoms with van der Waals surface area (Å²) in [6, 6.07) is 16.4. The number of para-hydroxylation sites is 2. The van der Waals surface area contributed by atoms with Crippen molar-refractivity contribution in [2.24, 2.45) is 0 Å². The zero-order chi connectivity index (χ0) is 15.4. The van der Waals surface area contributed by atoms with Crippen LogP contribution in [0.5, 0.6) is 0 Å². The van der Waals surface area contributed by atoms with Gasteiger partial charge in [0.05, 0.1) is 12.0 Å². The summed E-state index contributed by atoms with van der Waals surface area (Å²) in [5.41, 5.74) is 5.68. The quantitative estimate of drug-likeness (QED) is 0.647. The maximum absolute atomic E-state index is 12.6. The van der Waals surface area contributed by atoms with E-state index in [2.05, 4.69) is 39.9 Å². The molecular weight excluding hydrogens is 286 g/mol. The lowest BCUT2D eigenvalue weighted by molar-refractivity contribution is -0.117. The van der Waals surface area contributed by atoms with Crippen LogP contribution in [0.4, 0.5) is 5.69 Å². The molecule has 3 aromatic rings. The third-order valence-electron chi connectivity index (χ3n) is 5.07. The zero-order valence-electron chi connectivity index (χ0n) is 12.6. The molecule has 0 saturated heterocycles. The van der Waals surface area contributed by atoms with Gasteiger partial charge < -0.3 is 15.6 Å². The first kappa shape index (κ1) is 12.9. The summed E-state index contributed by atoms with van der Waals surface area (Å²) in [7, 11) is 0. The lowest BCUT2D eigenvalue weighted by Crippen LogP contribution is -2.36. The fraction of sp³-hybridized carbons (Fsp3) is 0.211. The van der Waals surface area contributed by atoms with Crippen molar-refractivity contribution in [2.75, 3.05) is 11.9 Å². The minimum Gasteiger partial charge on any atom is -0.357 e. The number of carbonyl (C=O) groups excluding carboxylic acids is 1. The predicted molar refractivity (Wildman–Crippen MR) is 90.6 cm³/mol. The normalized spacial score (nSPS) is 22.7. The fourth-order valence-electron chi connectivity index (χ4n) is 4.06. The number of aromatic amines is 1.